The van der Waals surface area contributed by atoms with Gasteiger partial charge in [-0.05, 0) is 72.9 Å². The first-order valence-electron chi connectivity index (χ1n) is 25.4. The molecule has 2 bridgehead atoms. The average Bonchev–Trinajstić information content (AvgIpc) is 3.62. The van der Waals surface area contributed by atoms with Crippen molar-refractivity contribution < 1.29 is 71.6 Å². The molecule has 1 aliphatic heterocycles. The fraction of sp³-hybridized carbons (Fsp3) is 0.390. The van der Waals surface area contributed by atoms with E-state index in [-0.39, 0.29) is 43.0 Å². The Morgan fingerprint density at radius 2 is 1.28 bits per heavy atom. The number of hydrogen-bond donors (Lipinski definition) is 4. The van der Waals surface area contributed by atoms with Crippen molar-refractivity contribution in [3.63, 3.8) is 0 Å². The SMILES string of the molecule is CC1=C2C(O)C(=O)[C@]3(C)C(OCOP(=O)(OCc4ccccc4)OCc4ccccc4)CC4OCC4(O)C3C(OC(=O)c3ccccc3)C(O)(CC1OC(=O)[C@H](C)C(NC(=O)c1ccccc1)c1ccccc1)C2(C)C. The molecule has 3 fully saturated rings. The first-order valence-corrected chi connectivity index (χ1v) is 26.9. The van der Waals surface area contributed by atoms with Gasteiger partial charge in [-0.2, -0.15) is 0 Å². The van der Waals surface area contributed by atoms with E-state index < -0.39 is 115 Å². The zero-order chi connectivity index (χ0) is 54.0. The summed E-state index contributed by atoms with van der Waals surface area (Å²) < 4.78 is 57.3. The van der Waals surface area contributed by atoms with Crippen LogP contribution in [0.5, 0.6) is 0 Å². The molecular weight excluding hydrogens is 994 g/mol. The topological polar surface area (TPSA) is 223 Å². The van der Waals surface area contributed by atoms with Crippen LogP contribution < -0.4 is 5.32 Å². The first-order chi connectivity index (χ1) is 36.3. The van der Waals surface area contributed by atoms with Gasteiger partial charge in [0.15, 0.2) is 12.6 Å². The molecule has 9 unspecified atom stereocenters. The number of nitrogens with one attached hydrogen (secondary N) is 1. The number of benzene rings is 5. The van der Waals surface area contributed by atoms with Gasteiger partial charge in [-0.1, -0.05) is 141 Å². The Kier molecular flexibility index (Phi) is 15.8. The average molecular weight is 1060 g/mol. The molecule has 400 valence electrons. The lowest BCUT2D eigenvalue weighted by Gasteiger charge is -2.67. The van der Waals surface area contributed by atoms with Gasteiger partial charge < -0.3 is 39.6 Å². The fourth-order valence-electron chi connectivity index (χ4n) is 11.7. The molecule has 4 N–H and O–H groups in total. The number of aliphatic hydroxyl groups excluding tert-OH is 1. The predicted molar refractivity (Wildman–Crippen MR) is 277 cm³/mol. The van der Waals surface area contributed by atoms with Gasteiger partial charge in [-0.3, -0.25) is 28.0 Å². The highest BCUT2D eigenvalue weighted by Crippen LogP contribution is 2.64. The highest BCUT2D eigenvalue weighted by Gasteiger charge is 2.76. The van der Waals surface area contributed by atoms with Gasteiger partial charge in [0.05, 0.1) is 55.0 Å². The summed E-state index contributed by atoms with van der Waals surface area (Å²) in [7, 11) is -4.45. The van der Waals surface area contributed by atoms with Crippen LogP contribution in [-0.4, -0.2) is 94.1 Å². The number of Topliss-reactive ketones (excluding diaryl/α,β-unsaturated/α-hetero) is 1. The van der Waals surface area contributed by atoms with Gasteiger partial charge in [-0.15, -0.1) is 0 Å². The van der Waals surface area contributed by atoms with E-state index in [0.29, 0.717) is 22.3 Å². The monoisotopic (exact) mass is 1060 g/mol. The summed E-state index contributed by atoms with van der Waals surface area (Å²) in [6.07, 6.45) is -8.19. The van der Waals surface area contributed by atoms with Gasteiger partial charge in [0, 0.05) is 29.7 Å². The zero-order valence-electron chi connectivity index (χ0n) is 43.0. The highest BCUT2D eigenvalue weighted by molar-refractivity contribution is 7.48. The van der Waals surface area contributed by atoms with Crippen molar-refractivity contribution in [2.24, 2.45) is 22.7 Å². The van der Waals surface area contributed by atoms with E-state index in [1.807, 2.05) is 12.1 Å². The van der Waals surface area contributed by atoms with Gasteiger partial charge in [-0.25, -0.2) is 9.36 Å². The second-order valence-corrected chi connectivity index (χ2v) is 22.6. The number of esters is 2. The van der Waals surface area contributed by atoms with E-state index in [0.717, 1.165) is 0 Å². The molecule has 5 aromatic rings. The summed E-state index contributed by atoms with van der Waals surface area (Å²) in [5, 5.41) is 42.6. The Hall–Kier alpha value is -6.17. The quantitative estimate of drug-likeness (QED) is 0.0280. The van der Waals surface area contributed by atoms with Crippen LogP contribution in [0.1, 0.15) is 90.9 Å². The molecule has 1 heterocycles. The van der Waals surface area contributed by atoms with Gasteiger partial charge in [0.25, 0.3) is 5.91 Å². The zero-order valence-corrected chi connectivity index (χ0v) is 43.9. The van der Waals surface area contributed by atoms with Crippen LogP contribution in [-0.2, 0) is 59.9 Å². The lowest BCUT2D eigenvalue weighted by Crippen LogP contribution is -2.81. The van der Waals surface area contributed by atoms with Crippen molar-refractivity contribution in [3.05, 3.63) is 191 Å². The number of phosphoric acid groups is 1. The van der Waals surface area contributed by atoms with Crippen LogP contribution in [0, 0.1) is 22.7 Å². The number of phosphoric ester groups is 1. The minimum Gasteiger partial charge on any atom is -0.457 e. The van der Waals surface area contributed by atoms with Crippen molar-refractivity contribution in [2.45, 2.75) is 108 Å². The van der Waals surface area contributed by atoms with E-state index in [1.54, 1.807) is 155 Å². The molecule has 1 amide bonds. The number of aliphatic hydroxyl groups is 3. The lowest BCUT2D eigenvalue weighted by molar-refractivity contribution is -0.349. The van der Waals surface area contributed by atoms with E-state index in [4.69, 9.17) is 32.5 Å². The largest absolute Gasteiger partial charge is 0.477 e. The molecule has 0 radical (unpaired) electrons. The second-order valence-electron chi connectivity index (χ2n) is 20.9. The standard InChI is InChI=1S/C59H64NO15P/c1-37-44(74-54(64)38(2)48(41-25-15-8-16-26-41)60-53(63)42-27-17-9-18-28-42)32-59(67)52(75-55(65)43-29-19-10-20-30-43)50-57(5,51(62)49(61)47(37)56(59,3)4)45(31-46-58(50,66)35-69-46)70-36-73-76(68,71-33-39-21-11-6-12-22-39)72-34-40-23-13-7-14-24-40/h6-30,38,44-46,48-50,52,61,66-67H,31-36H2,1-5H3,(H,60,63)/t38-,44?,45?,46?,48?,49?,50?,52?,57-,58?,59?/m1/s1. The molecule has 3 aliphatic carbocycles. The third-order valence-corrected chi connectivity index (χ3v) is 17.5. The summed E-state index contributed by atoms with van der Waals surface area (Å²) >= 11 is 0. The Bertz CT molecular complexity index is 2920. The van der Waals surface area contributed by atoms with Crippen molar-refractivity contribution in [1.29, 1.82) is 0 Å². The first kappa shape index (κ1) is 54.6. The minimum atomic E-state index is -4.45. The van der Waals surface area contributed by atoms with Crippen LogP contribution >= 0.6 is 7.82 Å². The van der Waals surface area contributed by atoms with Crippen LogP contribution in [0.4, 0.5) is 0 Å². The van der Waals surface area contributed by atoms with Gasteiger partial charge in [0.2, 0.25) is 0 Å². The molecule has 16 nitrogen and oxygen atoms in total. The Labute approximate surface area is 441 Å². The smallest absolute Gasteiger partial charge is 0.457 e. The highest BCUT2D eigenvalue weighted by atomic mass is 31.2. The molecule has 2 saturated carbocycles. The fourth-order valence-corrected chi connectivity index (χ4v) is 12.7. The van der Waals surface area contributed by atoms with Gasteiger partial charge >= 0.3 is 19.8 Å². The second kappa shape index (κ2) is 22.1. The Morgan fingerprint density at radius 1 is 0.750 bits per heavy atom. The van der Waals surface area contributed by atoms with Crippen molar-refractivity contribution in [3.8, 4) is 0 Å². The van der Waals surface area contributed by atoms with E-state index in [2.05, 4.69) is 5.32 Å². The molecule has 4 aliphatic rings. The number of carbonyl (C=O) groups excluding carboxylic acids is 4. The molecule has 0 spiro atoms. The number of amides is 1. The molecule has 17 heteroatoms. The normalized spacial score (nSPS) is 28.5. The van der Waals surface area contributed by atoms with Crippen LogP contribution in [0.2, 0.25) is 0 Å². The van der Waals surface area contributed by atoms with Crippen LogP contribution in [0.25, 0.3) is 0 Å². The van der Waals surface area contributed by atoms with Crippen molar-refractivity contribution in [1.82, 2.24) is 5.32 Å². The number of fused-ring (bicyclic) bond motifs is 5. The number of rotatable bonds is 18. The predicted octanol–water partition coefficient (Wildman–Crippen LogP) is 8.41. The van der Waals surface area contributed by atoms with Gasteiger partial charge in [0.1, 0.15) is 29.5 Å². The minimum absolute atomic E-state index is 0.00349. The maximum Gasteiger partial charge on any atom is 0.477 e. The van der Waals surface area contributed by atoms with Crippen LogP contribution in [0.3, 0.4) is 0 Å². The number of hydrogen-bond acceptors (Lipinski definition) is 15. The third-order valence-electron chi connectivity index (χ3n) is 16.1. The number of ether oxygens (including phenoxy) is 4. The Morgan fingerprint density at radius 3 is 1.82 bits per heavy atom. The summed E-state index contributed by atoms with van der Waals surface area (Å²) in [5.41, 5.74) is -5.32. The summed E-state index contributed by atoms with van der Waals surface area (Å²) in [5.74, 6) is -5.63. The summed E-state index contributed by atoms with van der Waals surface area (Å²) in [6.45, 7) is 6.41. The molecular formula is C59H64NO15P. The molecule has 5 aromatic carbocycles. The molecule has 0 aromatic heterocycles. The molecule has 9 rings (SSSR count). The van der Waals surface area contributed by atoms with Crippen molar-refractivity contribution in [2.75, 3.05) is 13.4 Å². The van der Waals surface area contributed by atoms with E-state index in [1.165, 1.54) is 19.1 Å². The van der Waals surface area contributed by atoms with Crippen LogP contribution in [0.15, 0.2) is 163 Å². The van der Waals surface area contributed by atoms with E-state index >= 15 is 4.79 Å². The maximum atomic E-state index is 15.8. The Balaban J connectivity index is 1.08. The lowest BCUT2D eigenvalue weighted by atomic mass is 9.44. The number of ketones is 1. The summed E-state index contributed by atoms with van der Waals surface area (Å²) in [6, 6.07) is 42.5. The maximum absolute atomic E-state index is 15.8. The molecule has 11 atom stereocenters. The van der Waals surface area contributed by atoms with Crippen molar-refractivity contribution >= 4 is 31.5 Å². The molecule has 1 saturated heterocycles. The summed E-state index contributed by atoms with van der Waals surface area (Å²) in [4.78, 5) is 58.6. The third kappa shape index (κ3) is 10.4. The molecule has 76 heavy (non-hydrogen) atoms. The van der Waals surface area contributed by atoms with E-state index in [9.17, 15) is 34.3 Å². The number of carbonyl (C=O) groups is 4.